The summed E-state index contributed by atoms with van der Waals surface area (Å²) < 4.78 is 0. The molecule has 0 spiro atoms. The highest BCUT2D eigenvalue weighted by Crippen LogP contribution is 2.30. The maximum Gasteiger partial charge on any atom is 0.157 e. The SMILES string of the molecule is CC(C)CC1CN=C(NC2CC(C)C2)S1. The average Bonchev–Trinajstić information content (AvgIpc) is 2.48. The van der Waals surface area contributed by atoms with Crippen LogP contribution in [-0.2, 0) is 0 Å². The second-order valence-corrected chi connectivity index (χ2v) is 6.72. The standard InChI is InChI=1S/C12H22N2S/c1-8(2)4-11-7-13-12(15-11)14-10-5-9(3)6-10/h8-11H,4-7H2,1-3H3,(H,13,14). The molecule has 2 nitrogen and oxygen atoms in total. The van der Waals surface area contributed by atoms with E-state index in [-0.39, 0.29) is 0 Å². The Morgan fingerprint density at radius 2 is 2.20 bits per heavy atom. The molecule has 1 fully saturated rings. The van der Waals surface area contributed by atoms with Crippen LogP contribution in [0.4, 0.5) is 0 Å². The molecule has 0 aromatic carbocycles. The number of thioether (sulfide) groups is 1. The van der Waals surface area contributed by atoms with Crippen molar-refractivity contribution in [1.29, 1.82) is 0 Å². The van der Waals surface area contributed by atoms with Crippen LogP contribution < -0.4 is 5.32 Å². The minimum absolute atomic E-state index is 0.712. The number of hydrogen-bond acceptors (Lipinski definition) is 3. The van der Waals surface area contributed by atoms with Crippen LogP contribution in [0.5, 0.6) is 0 Å². The first-order valence-corrected chi connectivity index (χ1v) is 6.99. The largest absolute Gasteiger partial charge is 0.362 e. The smallest absolute Gasteiger partial charge is 0.157 e. The first-order valence-electron chi connectivity index (χ1n) is 6.11. The maximum absolute atomic E-state index is 4.59. The van der Waals surface area contributed by atoms with E-state index in [9.17, 15) is 0 Å². The third-order valence-electron chi connectivity index (χ3n) is 3.15. The lowest BCUT2D eigenvalue weighted by molar-refractivity contribution is 0.269. The molecule has 86 valence electrons. The summed E-state index contributed by atoms with van der Waals surface area (Å²) in [7, 11) is 0. The van der Waals surface area contributed by atoms with Crippen LogP contribution in [0.1, 0.15) is 40.0 Å². The van der Waals surface area contributed by atoms with Crippen molar-refractivity contribution in [2.75, 3.05) is 6.54 Å². The molecule has 2 aliphatic rings. The number of aliphatic imine (C=N–C) groups is 1. The Labute approximate surface area is 97.3 Å². The monoisotopic (exact) mass is 226 g/mol. The van der Waals surface area contributed by atoms with Crippen LogP contribution in [0.25, 0.3) is 0 Å². The summed E-state index contributed by atoms with van der Waals surface area (Å²) in [6, 6.07) is 0.712. The van der Waals surface area contributed by atoms with Gasteiger partial charge < -0.3 is 5.32 Å². The molecular formula is C12H22N2S. The fourth-order valence-corrected chi connectivity index (χ4v) is 3.67. The van der Waals surface area contributed by atoms with Crippen molar-refractivity contribution in [1.82, 2.24) is 5.32 Å². The van der Waals surface area contributed by atoms with E-state index in [1.54, 1.807) is 0 Å². The lowest BCUT2D eigenvalue weighted by Crippen LogP contribution is -2.42. The summed E-state index contributed by atoms with van der Waals surface area (Å²) in [5.41, 5.74) is 0. The van der Waals surface area contributed by atoms with E-state index in [0.717, 1.165) is 23.6 Å². The summed E-state index contributed by atoms with van der Waals surface area (Å²) in [4.78, 5) is 4.59. The van der Waals surface area contributed by atoms with Gasteiger partial charge >= 0.3 is 0 Å². The lowest BCUT2D eigenvalue weighted by Gasteiger charge is -2.33. The summed E-state index contributed by atoms with van der Waals surface area (Å²) >= 11 is 1.96. The molecule has 1 N–H and O–H groups in total. The predicted octanol–water partition coefficient (Wildman–Crippen LogP) is 2.89. The third-order valence-corrected chi connectivity index (χ3v) is 4.30. The second kappa shape index (κ2) is 4.77. The highest BCUT2D eigenvalue weighted by atomic mass is 32.2. The Balaban J connectivity index is 1.68. The van der Waals surface area contributed by atoms with Gasteiger partial charge in [-0.1, -0.05) is 32.5 Å². The predicted molar refractivity (Wildman–Crippen MR) is 68.5 cm³/mol. The van der Waals surface area contributed by atoms with Crippen LogP contribution in [0.15, 0.2) is 4.99 Å². The normalized spacial score (nSPS) is 35.2. The molecule has 0 bridgehead atoms. The number of rotatable bonds is 3. The topological polar surface area (TPSA) is 24.4 Å². The van der Waals surface area contributed by atoms with Gasteiger partial charge in [0.05, 0.1) is 6.54 Å². The number of nitrogens with one attached hydrogen (secondary N) is 1. The Morgan fingerprint density at radius 3 is 2.80 bits per heavy atom. The molecule has 15 heavy (non-hydrogen) atoms. The molecule has 0 amide bonds. The molecule has 1 saturated carbocycles. The molecule has 1 unspecified atom stereocenters. The molecule has 1 aliphatic heterocycles. The van der Waals surface area contributed by atoms with Crippen LogP contribution in [0.3, 0.4) is 0 Å². The molecule has 0 aromatic heterocycles. The van der Waals surface area contributed by atoms with Gasteiger partial charge in [0.1, 0.15) is 0 Å². The summed E-state index contributed by atoms with van der Waals surface area (Å²) in [6.45, 7) is 7.93. The number of nitrogens with zero attached hydrogens (tertiary/aromatic N) is 1. The first kappa shape index (κ1) is 11.3. The highest BCUT2D eigenvalue weighted by Gasteiger charge is 2.28. The molecule has 0 radical (unpaired) electrons. The minimum Gasteiger partial charge on any atom is -0.362 e. The van der Waals surface area contributed by atoms with Crippen molar-refractivity contribution in [2.45, 2.75) is 51.3 Å². The van der Waals surface area contributed by atoms with Gasteiger partial charge in [0, 0.05) is 11.3 Å². The van der Waals surface area contributed by atoms with E-state index in [4.69, 9.17) is 0 Å². The van der Waals surface area contributed by atoms with Crippen molar-refractivity contribution in [3.05, 3.63) is 0 Å². The average molecular weight is 226 g/mol. The van der Waals surface area contributed by atoms with Gasteiger partial charge in [-0.05, 0) is 31.1 Å². The van der Waals surface area contributed by atoms with Crippen LogP contribution in [0, 0.1) is 11.8 Å². The Bertz CT molecular complexity index is 244. The van der Waals surface area contributed by atoms with Gasteiger partial charge in [0.15, 0.2) is 5.17 Å². The van der Waals surface area contributed by atoms with Crippen molar-refractivity contribution >= 4 is 16.9 Å². The van der Waals surface area contributed by atoms with Crippen LogP contribution >= 0.6 is 11.8 Å². The molecule has 1 heterocycles. The summed E-state index contributed by atoms with van der Waals surface area (Å²) in [5.74, 6) is 1.71. The number of hydrogen-bond donors (Lipinski definition) is 1. The molecule has 1 aliphatic carbocycles. The van der Waals surface area contributed by atoms with Crippen LogP contribution in [-0.4, -0.2) is 23.0 Å². The van der Waals surface area contributed by atoms with E-state index in [1.165, 1.54) is 24.4 Å². The first-order chi connectivity index (χ1) is 7.13. The van der Waals surface area contributed by atoms with Crippen molar-refractivity contribution < 1.29 is 0 Å². The highest BCUT2D eigenvalue weighted by molar-refractivity contribution is 8.14. The van der Waals surface area contributed by atoms with E-state index in [2.05, 4.69) is 31.1 Å². The molecular weight excluding hydrogens is 204 g/mol. The third kappa shape index (κ3) is 3.13. The molecule has 0 saturated heterocycles. The van der Waals surface area contributed by atoms with Gasteiger partial charge in [0.25, 0.3) is 0 Å². The molecule has 3 heteroatoms. The second-order valence-electron chi connectivity index (χ2n) is 5.43. The zero-order valence-corrected chi connectivity index (χ0v) is 10.8. The van der Waals surface area contributed by atoms with Gasteiger partial charge in [-0.25, -0.2) is 0 Å². The molecule has 0 aromatic rings. The number of amidine groups is 1. The summed E-state index contributed by atoms with van der Waals surface area (Å²) in [5, 5.41) is 5.49. The lowest BCUT2D eigenvalue weighted by atomic mass is 9.82. The fourth-order valence-electron chi connectivity index (χ4n) is 2.34. The zero-order valence-electron chi connectivity index (χ0n) is 9.99. The van der Waals surface area contributed by atoms with Gasteiger partial charge in [-0.2, -0.15) is 0 Å². The van der Waals surface area contributed by atoms with Gasteiger partial charge in [0.2, 0.25) is 0 Å². The fraction of sp³-hybridized carbons (Fsp3) is 0.917. The Kier molecular flexibility index (Phi) is 3.60. The molecule has 2 rings (SSSR count). The minimum atomic E-state index is 0.712. The van der Waals surface area contributed by atoms with E-state index >= 15 is 0 Å². The maximum atomic E-state index is 4.59. The zero-order chi connectivity index (χ0) is 10.8. The Morgan fingerprint density at radius 1 is 1.47 bits per heavy atom. The van der Waals surface area contributed by atoms with Gasteiger partial charge in [-0.15, -0.1) is 0 Å². The summed E-state index contributed by atoms with van der Waals surface area (Å²) in [6.07, 6.45) is 3.95. The Hall–Kier alpha value is -0.180. The van der Waals surface area contributed by atoms with Crippen molar-refractivity contribution in [2.24, 2.45) is 16.8 Å². The van der Waals surface area contributed by atoms with Crippen LogP contribution in [0.2, 0.25) is 0 Å². The van der Waals surface area contributed by atoms with E-state index < -0.39 is 0 Å². The van der Waals surface area contributed by atoms with E-state index in [1.807, 2.05) is 11.8 Å². The van der Waals surface area contributed by atoms with E-state index in [0.29, 0.717) is 6.04 Å². The van der Waals surface area contributed by atoms with Crippen molar-refractivity contribution in [3.63, 3.8) is 0 Å². The van der Waals surface area contributed by atoms with Gasteiger partial charge in [-0.3, -0.25) is 4.99 Å². The van der Waals surface area contributed by atoms with Crippen molar-refractivity contribution in [3.8, 4) is 0 Å². The molecule has 1 atom stereocenters. The quantitative estimate of drug-likeness (QED) is 0.800.